The number of carbonyl (C=O) groups excluding carboxylic acids is 1. The van der Waals surface area contributed by atoms with Crippen molar-refractivity contribution >= 4 is 66.5 Å². The van der Waals surface area contributed by atoms with E-state index < -0.39 is 0 Å². The Labute approximate surface area is 168 Å². The van der Waals surface area contributed by atoms with Crippen molar-refractivity contribution in [1.29, 1.82) is 0 Å². The van der Waals surface area contributed by atoms with Crippen molar-refractivity contribution in [2.75, 3.05) is 10.6 Å². The molecule has 4 aromatic rings. The number of thiazole rings is 2. The molecule has 3 aromatic heterocycles. The van der Waals surface area contributed by atoms with Crippen LogP contribution in [0.25, 0.3) is 10.2 Å². The first kappa shape index (κ1) is 17.8. The highest BCUT2D eigenvalue weighted by atomic mass is 35.5. The second-order valence-electron chi connectivity index (χ2n) is 5.79. The van der Waals surface area contributed by atoms with Crippen molar-refractivity contribution in [3.8, 4) is 0 Å². The van der Waals surface area contributed by atoms with Crippen LogP contribution in [0.2, 0.25) is 5.02 Å². The molecule has 0 spiro atoms. The Bertz CT molecular complexity index is 1120. The summed E-state index contributed by atoms with van der Waals surface area (Å²) in [4.78, 5) is 25.5. The van der Waals surface area contributed by atoms with Gasteiger partial charge in [0.2, 0.25) is 5.91 Å². The first-order valence-electron chi connectivity index (χ1n) is 8.06. The van der Waals surface area contributed by atoms with Crippen LogP contribution in [-0.2, 0) is 11.2 Å². The van der Waals surface area contributed by atoms with E-state index in [-0.39, 0.29) is 12.3 Å². The molecule has 0 unspecified atom stereocenters. The maximum atomic E-state index is 12.3. The molecule has 2 N–H and O–H groups in total. The van der Waals surface area contributed by atoms with Gasteiger partial charge < -0.3 is 10.6 Å². The number of amides is 1. The third-order valence-electron chi connectivity index (χ3n) is 3.61. The molecule has 0 atom stereocenters. The van der Waals surface area contributed by atoms with E-state index in [0.717, 1.165) is 21.7 Å². The second kappa shape index (κ2) is 7.59. The Morgan fingerprint density at radius 3 is 2.89 bits per heavy atom. The summed E-state index contributed by atoms with van der Waals surface area (Å²) in [6.07, 6.45) is 0.177. The molecule has 27 heavy (non-hydrogen) atoms. The molecule has 0 saturated heterocycles. The molecule has 9 heteroatoms. The molecule has 3 heterocycles. The molecule has 136 valence electrons. The van der Waals surface area contributed by atoms with Crippen LogP contribution in [0.5, 0.6) is 0 Å². The fourth-order valence-corrected chi connectivity index (χ4v) is 4.32. The monoisotopic (exact) mass is 415 g/mol. The zero-order valence-corrected chi connectivity index (χ0v) is 16.6. The number of anilines is 3. The number of aromatic nitrogens is 3. The number of hydrogen-bond donors (Lipinski definition) is 2. The number of rotatable bonds is 5. The molecule has 1 amide bonds. The number of pyridine rings is 1. The average molecular weight is 416 g/mol. The van der Waals surface area contributed by atoms with Gasteiger partial charge in [-0.05, 0) is 37.3 Å². The minimum absolute atomic E-state index is 0.161. The van der Waals surface area contributed by atoms with E-state index in [1.54, 1.807) is 6.07 Å². The van der Waals surface area contributed by atoms with E-state index >= 15 is 0 Å². The van der Waals surface area contributed by atoms with Crippen molar-refractivity contribution in [3.63, 3.8) is 0 Å². The Morgan fingerprint density at radius 2 is 2.04 bits per heavy atom. The maximum Gasteiger partial charge on any atom is 0.232 e. The maximum absolute atomic E-state index is 12.3. The predicted molar refractivity (Wildman–Crippen MR) is 111 cm³/mol. The van der Waals surface area contributed by atoms with Crippen LogP contribution in [0, 0.1) is 6.92 Å². The van der Waals surface area contributed by atoms with Crippen molar-refractivity contribution in [3.05, 3.63) is 58.2 Å². The lowest BCUT2D eigenvalue weighted by atomic mass is 10.3. The summed E-state index contributed by atoms with van der Waals surface area (Å²) in [6, 6.07) is 11.2. The summed E-state index contributed by atoms with van der Waals surface area (Å²) in [5.74, 6) is 0.569. The van der Waals surface area contributed by atoms with Crippen LogP contribution < -0.4 is 10.6 Å². The molecule has 0 saturated carbocycles. The number of halogens is 1. The van der Waals surface area contributed by atoms with Gasteiger partial charge in [-0.2, -0.15) is 0 Å². The van der Waals surface area contributed by atoms with Gasteiger partial charge in [-0.15, -0.1) is 11.3 Å². The Kier molecular flexibility index (Phi) is 5.02. The van der Waals surface area contributed by atoms with E-state index in [1.807, 2.05) is 42.6 Å². The summed E-state index contributed by atoms with van der Waals surface area (Å²) in [5, 5.41) is 9.73. The van der Waals surface area contributed by atoms with Gasteiger partial charge in [-0.3, -0.25) is 4.79 Å². The van der Waals surface area contributed by atoms with Crippen molar-refractivity contribution < 1.29 is 4.79 Å². The highest BCUT2D eigenvalue weighted by Crippen LogP contribution is 2.28. The fraction of sp³-hybridized carbons (Fsp3) is 0.111. The van der Waals surface area contributed by atoms with Gasteiger partial charge in [-0.1, -0.05) is 29.0 Å². The number of nitrogens with zero attached hydrogens (tertiary/aromatic N) is 3. The van der Waals surface area contributed by atoms with Gasteiger partial charge in [0.05, 0.1) is 22.3 Å². The topological polar surface area (TPSA) is 79.8 Å². The summed E-state index contributed by atoms with van der Waals surface area (Å²) in [6.45, 7) is 1.93. The molecule has 0 radical (unpaired) electrons. The van der Waals surface area contributed by atoms with Gasteiger partial charge in [0.1, 0.15) is 5.82 Å². The highest BCUT2D eigenvalue weighted by molar-refractivity contribution is 7.22. The lowest BCUT2D eigenvalue weighted by molar-refractivity contribution is -0.115. The van der Waals surface area contributed by atoms with Crippen LogP contribution in [0.15, 0.2) is 41.8 Å². The van der Waals surface area contributed by atoms with Crippen molar-refractivity contribution in [1.82, 2.24) is 15.0 Å². The molecule has 0 aliphatic rings. The predicted octanol–water partition coefficient (Wildman–Crippen LogP) is 5.03. The molecule has 0 aliphatic heterocycles. The van der Waals surface area contributed by atoms with Crippen LogP contribution in [0.3, 0.4) is 0 Å². The largest absolute Gasteiger partial charge is 0.316 e. The zero-order chi connectivity index (χ0) is 18.8. The number of carbonyl (C=O) groups is 1. The SMILES string of the molecule is Cc1cccc(Nc2nc(CC(=O)Nc3nc4ccc(Cl)cc4s3)cs2)n1. The minimum Gasteiger partial charge on any atom is -0.316 e. The third kappa shape index (κ3) is 4.41. The quantitative estimate of drug-likeness (QED) is 0.477. The Morgan fingerprint density at radius 1 is 1.15 bits per heavy atom. The standard InChI is InChI=1S/C18H14ClN5OS2/c1-10-3-2-4-15(20-10)23-17-21-12(9-26-17)8-16(25)24-18-22-13-6-5-11(19)7-14(13)27-18/h2-7,9H,8H2,1H3,(H,20,21,23)(H,22,24,25). The van der Waals surface area contributed by atoms with E-state index in [2.05, 4.69) is 25.6 Å². The number of nitrogens with one attached hydrogen (secondary N) is 2. The summed E-state index contributed by atoms with van der Waals surface area (Å²) < 4.78 is 0.934. The van der Waals surface area contributed by atoms with Gasteiger partial charge in [-0.25, -0.2) is 15.0 Å². The molecule has 1 aromatic carbocycles. The lowest BCUT2D eigenvalue weighted by Crippen LogP contribution is -2.14. The van der Waals surface area contributed by atoms with Gasteiger partial charge in [0, 0.05) is 16.1 Å². The molecular weight excluding hydrogens is 402 g/mol. The number of benzene rings is 1. The van der Waals surface area contributed by atoms with Crippen LogP contribution in [0.1, 0.15) is 11.4 Å². The molecule has 0 fully saturated rings. The summed E-state index contributed by atoms with van der Waals surface area (Å²) >= 11 is 8.81. The Hall–Kier alpha value is -2.55. The number of fused-ring (bicyclic) bond motifs is 1. The van der Waals surface area contributed by atoms with E-state index in [4.69, 9.17) is 11.6 Å². The second-order valence-corrected chi connectivity index (χ2v) is 8.11. The molecule has 6 nitrogen and oxygen atoms in total. The van der Waals surface area contributed by atoms with Crippen LogP contribution in [0.4, 0.5) is 16.1 Å². The summed E-state index contributed by atoms with van der Waals surface area (Å²) in [7, 11) is 0. The molecule has 0 aliphatic carbocycles. The lowest BCUT2D eigenvalue weighted by Gasteiger charge is -2.02. The first-order chi connectivity index (χ1) is 13.0. The van der Waals surface area contributed by atoms with E-state index in [1.165, 1.54) is 22.7 Å². The van der Waals surface area contributed by atoms with Gasteiger partial charge >= 0.3 is 0 Å². The number of aryl methyl sites for hydroxylation is 1. The normalized spacial score (nSPS) is 10.9. The smallest absolute Gasteiger partial charge is 0.232 e. The molecule has 0 bridgehead atoms. The van der Waals surface area contributed by atoms with Gasteiger partial charge in [0.25, 0.3) is 0 Å². The first-order valence-corrected chi connectivity index (χ1v) is 10.1. The average Bonchev–Trinajstić information content (AvgIpc) is 3.20. The van der Waals surface area contributed by atoms with E-state index in [0.29, 0.717) is 21.0 Å². The Balaban J connectivity index is 1.40. The van der Waals surface area contributed by atoms with Crippen molar-refractivity contribution in [2.24, 2.45) is 0 Å². The van der Waals surface area contributed by atoms with E-state index in [9.17, 15) is 4.79 Å². The van der Waals surface area contributed by atoms with Crippen LogP contribution >= 0.6 is 34.3 Å². The molecular formula is C18H14ClN5OS2. The fourth-order valence-electron chi connectivity index (χ4n) is 2.45. The van der Waals surface area contributed by atoms with Crippen LogP contribution in [-0.4, -0.2) is 20.9 Å². The summed E-state index contributed by atoms with van der Waals surface area (Å²) in [5.41, 5.74) is 2.43. The zero-order valence-electron chi connectivity index (χ0n) is 14.2. The third-order valence-corrected chi connectivity index (χ3v) is 5.59. The van der Waals surface area contributed by atoms with Crippen molar-refractivity contribution in [2.45, 2.75) is 13.3 Å². The molecule has 4 rings (SSSR count). The highest BCUT2D eigenvalue weighted by Gasteiger charge is 2.11. The minimum atomic E-state index is -0.161. The number of hydrogen-bond acceptors (Lipinski definition) is 7. The van der Waals surface area contributed by atoms with Gasteiger partial charge in [0.15, 0.2) is 10.3 Å².